The first-order chi connectivity index (χ1) is 12.5. The van der Waals surface area contributed by atoms with E-state index in [1.165, 1.54) is 0 Å². The minimum Gasteiger partial charge on any atom is -0.330 e. The number of hydrogen-bond acceptors (Lipinski definition) is 3. The standard InChI is InChI=1S/C21H24N4O/c1-15(2)24(14-18-8-5-6-11-23-18)21(26)20-12-16(3)25(17(20)4)19-9-7-10-22-13-19/h5-13,15H,14H2,1-4H3. The molecule has 3 aromatic rings. The molecule has 3 aromatic heterocycles. The highest BCUT2D eigenvalue weighted by Gasteiger charge is 2.24. The van der Waals surface area contributed by atoms with Crippen LogP contribution in [0.15, 0.2) is 55.0 Å². The van der Waals surface area contributed by atoms with E-state index in [1.54, 1.807) is 12.4 Å². The van der Waals surface area contributed by atoms with Gasteiger partial charge in [0.15, 0.2) is 0 Å². The van der Waals surface area contributed by atoms with Crippen LogP contribution in [0.3, 0.4) is 0 Å². The summed E-state index contributed by atoms with van der Waals surface area (Å²) in [5, 5.41) is 0. The molecular weight excluding hydrogens is 324 g/mol. The van der Waals surface area contributed by atoms with Gasteiger partial charge in [0, 0.05) is 29.8 Å². The van der Waals surface area contributed by atoms with Gasteiger partial charge in [0.2, 0.25) is 0 Å². The molecule has 1 amide bonds. The molecule has 0 aliphatic rings. The topological polar surface area (TPSA) is 51.0 Å². The minimum atomic E-state index is 0.0221. The van der Waals surface area contributed by atoms with Gasteiger partial charge < -0.3 is 9.47 Å². The number of amides is 1. The fraction of sp³-hybridized carbons (Fsp3) is 0.286. The second-order valence-corrected chi connectivity index (χ2v) is 6.68. The van der Waals surface area contributed by atoms with E-state index in [4.69, 9.17) is 0 Å². The summed E-state index contributed by atoms with van der Waals surface area (Å²) in [5.74, 6) is 0.0221. The summed E-state index contributed by atoms with van der Waals surface area (Å²) in [6.07, 6.45) is 5.31. The molecule has 26 heavy (non-hydrogen) atoms. The van der Waals surface area contributed by atoms with Gasteiger partial charge in [-0.2, -0.15) is 0 Å². The number of aromatic nitrogens is 3. The molecule has 0 aliphatic carbocycles. The van der Waals surface area contributed by atoms with Crippen molar-refractivity contribution in [2.75, 3.05) is 0 Å². The highest BCUT2D eigenvalue weighted by molar-refractivity contribution is 5.96. The van der Waals surface area contributed by atoms with Gasteiger partial charge in [0.05, 0.1) is 29.7 Å². The van der Waals surface area contributed by atoms with Gasteiger partial charge in [-0.05, 0) is 58.0 Å². The highest BCUT2D eigenvalue weighted by atomic mass is 16.2. The number of hydrogen-bond donors (Lipinski definition) is 0. The zero-order valence-electron chi connectivity index (χ0n) is 15.7. The average molecular weight is 348 g/mol. The largest absolute Gasteiger partial charge is 0.330 e. The van der Waals surface area contributed by atoms with Crippen molar-refractivity contribution in [3.8, 4) is 5.69 Å². The predicted molar refractivity (Wildman–Crippen MR) is 102 cm³/mol. The fourth-order valence-corrected chi connectivity index (χ4v) is 3.17. The lowest BCUT2D eigenvalue weighted by atomic mass is 10.1. The van der Waals surface area contributed by atoms with E-state index in [2.05, 4.69) is 14.5 Å². The molecule has 0 radical (unpaired) electrons. The summed E-state index contributed by atoms with van der Waals surface area (Å²) in [7, 11) is 0. The van der Waals surface area contributed by atoms with Gasteiger partial charge in [-0.1, -0.05) is 6.07 Å². The first-order valence-corrected chi connectivity index (χ1v) is 8.79. The zero-order chi connectivity index (χ0) is 18.7. The maximum Gasteiger partial charge on any atom is 0.256 e. The third kappa shape index (κ3) is 3.52. The van der Waals surface area contributed by atoms with Crippen molar-refractivity contribution in [2.24, 2.45) is 0 Å². The Morgan fingerprint density at radius 2 is 1.96 bits per heavy atom. The zero-order valence-corrected chi connectivity index (χ0v) is 15.7. The van der Waals surface area contributed by atoms with E-state index in [0.717, 1.165) is 28.3 Å². The summed E-state index contributed by atoms with van der Waals surface area (Å²) in [4.78, 5) is 23.7. The summed E-state index contributed by atoms with van der Waals surface area (Å²) in [5.41, 5.74) is 4.50. The van der Waals surface area contributed by atoms with Crippen molar-refractivity contribution in [1.82, 2.24) is 19.4 Å². The Bertz CT molecular complexity index is 885. The molecule has 0 spiro atoms. The molecular formula is C21H24N4O. The van der Waals surface area contributed by atoms with Crippen LogP contribution in [0.2, 0.25) is 0 Å². The van der Waals surface area contributed by atoms with Gasteiger partial charge in [0.1, 0.15) is 0 Å². The van der Waals surface area contributed by atoms with Crippen LogP contribution < -0.4 is 0 Å². The molecule has 0 N–H and O–H groups in total. The van der Waals surface area contributed by atoms with Crippen LogP contribution in [0.1, 0.15) is 41.3 Å². The Balaban J connectivity index is 1.95. The van der Waals surface area contributed by atoms with Gasteiger partial charge in [0.25, 0.3) is 5.91 Å². The van der Waals surface area contributed by atoms with E-state index in [-0.39, 0.29) is 11.9 Å². The molecule has 5 heteroatoms. The van der Waals surface area contributed by atoms with Crippen molar-refractivity contribution >= 4 is 5.91 Å². The molecule has 0 saturated carbocycles. The molecule has 0 fully saturated rings. The van der Waals surface area contributed by atoms with Crippen LogP contribution in [0.4, 0.5) is 0 Å². The molecule has 134 valence electrons. The second kappa shape index (κ2) is 7.52. The molecule has 3 rings (SSSR count). The van der Waals surface area contributed by atoms with Crippen molar-refractivity contribution < 1.29 is 4.79 Å². The Kier molecular flexibility index (Phi) is 5.16. The molecule has 0 aromatic carbocycles. The van der Waals surface area contributed by atoms with E-state index in [0.29, 0.717) is 6.54 Å². The van der Waals surface area contributed by atoms with Crippen LogP contribution in [-0.2, 0) is 6.54 Å². The lowest BCUT2D eigenvalue weighted by molar-refractivity contribution is 0.0687. The number of pyridine rings is 2. The summed E-state index contributed by atoms with van der Waals surface area (Å²) in [6, 6.07) is 11.7. The first-order valence-electron chi connectivity index (χ1n) is 8.79. The van der Waals surface area contributed by atoms with Gasteiger partial charge in [-0.3, -0.25) is 14.8 Å². The molecule has 0 atom stereocenters. The summed E-state index contributed by atoms with van der Waals surface area (Å²) >= 11 is 0. The van der Waals surface area contributed by atoms with Crippen LogP contribution in [-0.4, -0.2) is 31.4 Å². The van der Waals surface area contributed by atoms with Crippen LogP contribution in [0, 0.1) is 13.8 Å². The molecule has 0 unspecified atom stereocenters. The third-order valence-corrected chi connectivity index (χ3v) is 4.51. The average Bonchev–Trinajstić information content (AvgIpc) is 2.95. The maximum atomic E-state index is 13.3. The Morgan fingerprint density at radius 1 is 1.15 bits per heavy atom. The molecule has 0 saturated heterocycles. The minimum absolute atomic E-state index is 0.0221. The quantitative estimate of drug-likeness (QED) is 0.702. The monoisotopic (exact) mass is 348 g/mol. The Hall–Kier alpha value is -2.95. The van der Waals surface area contributed by atoms with E-state index in [9.17, 15) is 4.79 Å². The third-order valence-electron chi connectivity index (χ3n) is 4.51. The predicted octanol–water partition coefficient (Wildman–Crippen LogP) is 3.93. The van der Waals surface area contributed by atoms with Gasteiger partial charge >= 0.3 is 0 Å². The Labute approximate surface area is 154 Å². The van der Waals surface area contributed by atoms with E-state index in [1.807, 2.05) is 75.2 Å². The number of nitrogens with zero attached hydrogens (tertiary/aromatic N) is 4. The first kappa shape index (κ1) is 17.9. The van der Waals surface area contributed by atoms with E-state index < -0.39 is 0 Å². The molecule has 3 heterocycles. The number of carbonyl (C=O) groups excluding carboxylic acids is 1. The van der Waals surface area contributed by atoms with Crippen molar-refractivity contribution in [3.63, 3.8) is 0 Å². The summed E-state index contributed by atoms with van der Waals surface area (Å²) in [6.45, 7) is 8.54. The number of rotatable bonds is 5. The lowest BCUT2D eigenvalue weighted by Crippen LogP contribution is -2.36. The van der Waals surface area contributed by atoms with E-state index >= 15 is 0 Å². The smallest absolute Gasteiger partial charge is 0.256 e. The summed E-state index contributed by atoms with van der Waals surface area (Å²) < 4.78 is 2.07. The maximum absolute atomic E-state index is 13.3. The van der Waals surface area contributed by atoms with Gasteiger partial charge in [-0.25, -0.2) is 0 Å². The normalized spacial score (nSPS) is 11.0. The lowest BCUT2D eigenvalue weighted by Gasteiger charge is -2.26. The van der Waals surface area contributed by atoms with Crippen molar-refractivity contribution in [2.45, 2.75) is 40.3 Å². The fourth-order valence-electron chi connectivity index (χ4n) is 3.17. The van der Waals surface area contributed by atoms with Crippen molar-refractivity contribution in [1.29, 1.82) is 0 Å². The SMILES string of the molecule is Cc1cc(C(=O)N(Cc2ccccn2)C(C)C)c(C)n1-c1cccnc1. The number of carbonyl (C=O) groups is 1. The molecule has 0 bridgehead atoms. The molecule has 0 aliphatic heterocycles. The number of aryl methyl sites for hydroxylation is 1. The Morgan fingerprint density at radius 3 is 2.58 bits per heavy atom. The van der Waals surface area contributed by atoms with Crippen LogP contribution in [0.5, 0.6) is 0 Å². The van der Waals surface area contributed by atoms with Crippen LogP contribution in [0.25, 0.3) is 5.69 Å². The van der Waals surface area contributed by atoms with Crippen molar-refractivity contribution in [3.05, 3.63) is 77.6 Å². The molecule has 5 nitrogen and oxygen atoms in total. The second-order valence-electron chi connectivity index (χ2n) is 6.68. The van der Waals surface area contributed by atoms with Crippen LogP contribution >= 0.6 is 0 Å². The van der Waals surface area contributed by atoms with Gasteiger partial charge in [-0.15, -0.1) is 0 Å². The highest BCUT2D eigenvalue weighted by Crippen LogP contribution is 2.23.